The van der Waals surface area contributed by atoms with E-state index in [0.717, 1.165) is 0 Å². The number of ether oxygens (including phenoxy) is 1. The third kappa shape index (κ3) is 3.92. The summed E-state index contributed by atoms with van der Waals surface area (Å²) in [5.41, 5.74) is 1.04. The van der Waals surface area contributed by atoms with Gasteiger partial charge in [0.1, 0.15) is 5.82 Å². The zero-order chi connectivity index (χ0) is 15.4. The zero-order valence-electron chi connectivity index (χ0n) is 12.3. The van der Waals surface area contributed by atoms with E-state index in [-0.39, 0.29) is 30.7 Å². The highest BCUT2D eigenvalue weighted by Gasteiger charge is 2.28. The van der Waals surface area contributed by atoms with Gasteiger partial charge in [-0.05, 0) is 31.0 Å². The molecular formula is C15H21FN2O3. The van der Waals surface area contributed by atoms with Crippen LogP contribution in [0.2, 0.25) is 0 Å². The van der Waals surface area contributed by atoms with E-state index < -0.39 is 0 Å². The molecule has 0 bridgehead atoms. The van der Waals surface area contributed by atoms with Gasteiger partial charge in [0.15, 0.2) is 0 Å². The third-order valence-electron chi connectivity index (χ3n) is 3.50. The number of carbonyl (C=O) groups is 1. The molecule has 1 aromatic rings. The van der Waals surface area contributed by atoms with Crippen molar-refractivity contribution in [3.63, 3.8) is 0 Å². The fraction of sp³-hybridized carbons (Fsp3) is 0.533. The topological polar surface area (TPSA) is 61.8 Å². The maximum absolute atomic E-state index is 13.7. The van der Waals surface area contributed by atoms with E-state index in [1.54, 1.807) is 17.0 Å². The normalized spacial score (nSPS) is 22.2. The minimum absolute atomic E-state index is 0.131. The minimum Gasteiger partial charge on any atom is -0.394 e. The summed E-state index contributed by atoms with van der Waals surface area (Å²) in [7, 11) is 0. The average Bonchev–Trinajstić information content (AvgIpc) is 2.46. The van der Waals surface area contributed by atoms with Crippen LogP contribution in [0.3, 0.4) is 0 Å². The number of halogens is 1. The molecule has 2 rings (SSSR count). The molecule has 2 N–H and O–H groups in total. The predicted molar refractivity (Wildman–Crippen MR) is 77.8 cm³/mol. The van der Waals surface area contributed by atoms with E-state index in [1.807, 2.05) is 13.8 Å². The Hall–Kier alpha value is -1.66. The van der Waals surface area contributed by atoms with Gasteiger partial charge in [0.25, 0.3) is 0 Å². The lowest BCUT2D eigenvalue weighted by Gasteiger charge is -2.36. The first-order chi connectivity index (χ1) is 10.0. The lowest BCUT2D eigenvalue weighted by molar-refractivity contribution is -0.0822. The first kappa shape index (κ1) is 15.7. The molecule has 6 heteroatoms. The second-order valence-electron chi connectivity index (χ2n) is 5.25. The quantitative estimate of drug-likeness (QED) is 0.897. The van der Waals surface area contributed by atoms with Gasteiger partial charge in [0, 0.05) is 12.2 Å². The van der Waals surface area contributed by atoms with Gasteiger partial charge in [-0.25, -0.2) is 9.18 Å². The molecule has 0 aliphatic carbocycles. The number of aliphatic hydroxyl groups excluding tert-OH is 1. The van der Waals surface area contributed by atoms with Gasteiger partial charge in [-0.2, -0.15) is 0 Å². The van der Waals surface area contributed by atoms with Crippen molar-refractivity contribution in [1.82, 2.24) is 4.90 Å². The van der Waals surface area contributed by atoms with Gasteiger partial charge < -0.3 is 20.1 Å². The Morgan fingerprint density at radius 3 is 2.90 bits per heavy atom. The molecule has 0 spiro atoms. The summed E-state index contributed by atoms with van der Waals surface area (Å²) >= 11 is 0. The second kappa shape index (κ2) is 6.87. The Morgan fingerprint density at radius 2 is 2.29 bits per heavy atom. The van der Waals surface area contributed by atoms with E-state index in [1.165, 1.54) is 6.07 Å². The number of urea groups is 1. The summed E-state index contributed by atoms with van der Waals surface area (Å²) in [5, 5.41) is 11.8. The van der Waals surface area contributed by atoms with Crippen LogP contribution < -0.4 is 5.32 Å². The number of nitrogens with one attached hydrogen (secondary N) is 1. The van der Waals surface area contributed by atoms with Crippen molar-refractivity contribution < 1.29 is 19.0 Å². The van der Waals surface area contributed by atoms with Crippen molar-refractivity contribution in [3.05, 3.63) is 29.6 Å². The number of carbonyl (C=O) groups excluding carboxylic acids is 1. The van der Waals surface area contributed by atoms with Crippen molar-refractivity contribution in [1.29, 1.82) is 0 Å². The maximum Gasteiger partial charge on any atom is 0.322 e. The van der Waals surface area contributed by atoms with Crippen molar-refractivity contribution in [3.8, 4) is 0 Å². The molecule has 0 aromatic heterocycles. The summed E-state index contributed by atoms with van der Waals surface area (Å²) in [5.74, 6) is -0.320. The Bertz CT molecular complexity index is 510. The molecular weight excluding hydrogens is 275 g/mol. The largest absolute Gasteiger partial charge is 0.394 e. The van der Waals surface area contributed by atoms with Crippen LogP contribution in [0.1, 0.15) is 19.4 Å². The van der Waals surface area contributed by atoms with Crippen LogP contribution in [0, 0.1) is 5.82 Å². The average molecular weight is 296 g/mol. The summed E-state index contributed by atoms with van der Waals surface area (Å²) in [6.07, 6.45) is 0.0960. The highest BCUT2D eigenvalue weighted by atomic mass is 19.1. The number of hydrogen-bond acceptors (Lipinski definition) is 3. The van der Waals surface area contributed by atoms with Crippen molar-refractivity contribution >= 4 is 11.7 Å². The summed E-state index contributed by atoms with van der Waals surface area (Å²) < 4.78 is 19.2. The Morgan fingerprint density at radius 1 is 1.52 bits per heavy atom. The van der Waals surface area contributed by atoms with Gasteiger partial charge in [0.05, 0.1) is 25.4 Å². The van der Waals surface area contributed by atoms with Gasteiger partial charge in [-0.15, -0.1) is 0 Å². The molecule has 1 aromatic carbocycles. The molecule has 21 heavy (non-hydrogen) atoms. The molecule has 2 unspecified atom stereocenters. The highest BCUT2D eigenvalue weighted by molar-refractivity contribution is 5.89. The number of amides is 2. The monoisotopic (exact) mass is 296 g/mol. The van der Waals surface area contributed by atoms with E-state index in [2.05, 4.69) is 5.32 Å². The first-order valence-electron chi connectivity index (χ1n) is 7.14. The molecule has 0 radical (unpaired) electrons. The molecule has 1 heterocycles. The third-order valence-corrected chi connectivity index (χ3v) is 3.50. The Kier molecular flexibility index (Phi) is 5.14. The molecule has 5 nitrogen and oxygen atoms in total. The van der Waals surface area contributed by atoms with E-state index in [9.17, 15) is 9.18 Å². The van der Waals surface area contributed by atoms with Crippen molar-refractivity contribution in [2.45, 2.75) is 32.5 Å². The Balaban J connectivity index is 2.02. The lowest BCUT2D eigenvalue weighted by atomic mass is 10.1. The maximum atomic E-state index is 13.7. The smallest absolute Gasteiger partial charge is 0.322 e. The molecule has 1 aliphatic rings. The number of rotatable bonds is 3. The van der Waals surface area contributed by atoms with Crippen LogP contribution in [-0.4, -0.2) is 47.9 Å². The van der Waals surface area contributed by atoms with Gasteiger partial charge in [-0.1, -0.05) is 13.0 Å². The van der Waals surface area contributed by atoms with Crippen LogP contribution in [0.5, 0.6) is 0 Å². The number of anilines is 1. The standard InChI is InChI=1S/C15H21FN2O3/c1-3-11-4-5-12(6-14(11)16)17-15(20)18-7-10(2)21-13(8-18)9-19/h4-6,10,13,19H,3,7-9H2,1-2H3,(H,17,20). The SMILES string of the molecule is CCc1ccc(NC(=O)N2CC(C)OC(CO)C2)cc1F. The van der Waals surface area contributed by atoms with E-state index in [4.69, 9.17) is 9.84 Å². The number of aliphatic hydroxyl groups is 1. The summed E-state index contributed by atoms with van der Waals surface area (Å²) in [4.78, 5) is 13.8. The van der Waals surface area contributed by atoms with Gasteiger partial charge >= 0.3 is 6.03 Å². The number of morpholine rings is 1. The van der Waals surface area contributed by atoms with Crippen LogP contribution in [-0.2, 0) is 11.2 Å². The predicted octanol–water partition coefficient (Wildman–Crippen LogP) is 2.00. The summed E-state index contributed by atoms with van der Waals surface area (Å²) in [6, 6.07) is 4.37. The summed E-state index contributed by atoms with van der Waals surface area (Å²) in [6.45, 7) is 4.35. The molecule has 2 atom stereocenters. The molecule has 1 saturated heterocycles. The fourth-order valence-corrected chi connectivity index (χ4v) is 2.43. The second-order valence-corrected chi connectivity index (χ2v) is 5.25. The molecule has 116 valence electrons. The van der Waals surface area contributed by atoms with Crippen LogP contribution >= 0.6 is 0 Å². The minimum atomic E-state index is -0.376. The highest BCUT2D eigenvalue weighted by Crippen LogP contribution is 2.17. The number of nitrogens with zero attached hydrogens (tertiary/aromatic N) is 1. The van der Waals surface area contributed by atoms with Crippen LogP contribution in [0.15, 0.2) is 18.2 Å². The molecule has 1 aliphatic heterocycles. The molecule has 1 fully saturated rings. The fourth-order valence-electron chi connectivity index (χ4n) is 2.43. The molecule has 2 amide bonds. The zero-order valence-corrected chi connectivity index (χ0v) is 12.3. The Labute approximate surface area is 123 Å². The number of benzene rings is 1. The van der Waals surface area contributed by atoms with Crippen molar-refractivity contribution in [2.24, 2.45) is 0 Å². The lowest BCUT2D eigenvalue weighted by Crippen LogP contribution is -2.51. The number of aryl methyl sites for hydroxylation is 1. The van der Waals surface area contributed by atoms with E-state index >= 15 is 0 Å². The van der Waals surface area contributed by atoms with Gasteiger partial charge in [-0.3, -0.25) is 0 Å². The van der Waals surface area contributed by atoms with Crippen LogP contribution in [0.4, 0.5) is 14.9 Å². The van der Waals surface area contributed by atoms with Gasteiger partial charge in [0.2, 0.25) is 0 Å². The van der Waals surface area contributed by atoms with E-state index in [0.29, 0.717) is 30.8 Å². The van der Waals surface area contributed by atoms with Crippen molar-refractivity contribution in [2.75, 3.05) is 25.0 Å². The molecule has 0 saturated carbocycles. The first-order valence-corrected chi connectivity index (χ1v) is 7.14. The van der Waals surface area contributed by atoms with Crippen LogP contribution in [0.25, 0.3) is 0 Å². The number of hydrogen-bond donors (Lipinski definition) is 2.